The van der Waals surface area contributed by atoms with Crippen LogP contribution in [0, 0.1) is 13.8 Å². The summed E-state index contributed by atoms with van der Waals surface area (Å²) in [4.78, 5) is 17.3. The number of hydrogen-bond acceptors (Lipinski definition) is 5. The zero-order chi connectivity index (χ0) is 17.0. The molecule has 7 nitrogen and oxygen atoms in total. The molecule has 0 unspecified atom stereocenters. The Labute approximate surface area is 143 Å². The summed E-state index contributed by atoms with van der Waals surface area (Å²) in [6.07, 6.45) is 2.16. The summed E-state index contributed by atoms with van der Waals surface area (Å²) in [5.74, 6) is 0.441. The lowest BCUT2D eigenvalue weighted by molar-refractivity contribution is 0.102. The van der Waals surface area contributed by atoms with Crippen molar-refractivity contribution in [3.8, 4) is 0 Å². The average Bonchev–Trinajstić information content (AvgIpc) is 3.31. The van der Waals surface area contributed by atoms with Gasteiger partial charge < -0.3 is 9.84 Å². The van der Waals surface area contributed by atoms with Crippen LogP contribution < -0.4 is 5.32 Å². The third-order valence-electron chi connectivity index (χ3n) is 4.37. The van der Waals surface area contributed by atoms with Crippen molar-refractivity contribution in [1.82, 2.24) is 19.9 Å². The van der Waals surface area contributed by atoms with E-state index in [0.29, 0.717) is 39.1 Å². The van der Waals surface area contributed by atoms with Gasteiger partial charge in [-0.3, -0.25) is 9.48 Å². The van der Waals surface area contributed by atoms with Crippen LogP contribution in [-0.4, -0.2) is 25.8 Å². The number of fused-ring (bicyclic) bond motifs is 1. The highest BCUT2D eigenvalue weighted by Gasteiger charge is 2.29. The number of carbonyl (C=O) groups is 1. The number of hydrogen-bond donors (Lipinski definition) is 1. The molecule has 0 atom stereocenters. The molecule has 0 aliphatic heterocycles. The number of carbonyl (C=O) groups excluding carboxylic acids is 1. The molecular weight excluding hydrogens is 330 g/mol. The van der Waals surface area contributed by atoms with Gasteiger partial charge >= 0.3 is 0 Å². The number of rotatable bonds is 3. The molecule has 8 heteroatoms. The Morgan fingerprint density at radius 1 is 1.42 bits per heavy atom. The van der Waals surface area contributed by atoms with E-state index in [9.17, 15) is 4.79 Å². The smallest absolute Gasteiger partial charge is 0.259 e. The molecule has 0 bridgehead atoms. The minimum absolute atomic E-state index is 0.296. The van der Waals surface area contributed by atoms with Gasteiger partial charge in [-0.2, -0.15) is 5.10 Å². The normalized spacial score (nSPS) is 14.3. The van der Waals surface area contributed by atoms with Crippen LogP contribution in [-0.2, 0) is 7.05 Å². The molecule has 124 valence electrons. The lowest BCUT2D eigenvalue weighted by atomic mass is 10.1. The summed E-state index contributed by atoms with van der Waals surface area (Å²) >= 11 is 6.22. The molecule has 3 heterocycles. The van der Waals surface area contributed by atoms with Crippen molar-refractivity contribution in [2.45, 2.75) is 32.6 Å². The second-order valence-electron chi connectivity index (χ2n) is 6.14. The summed E-state index contributed by atoms with van der Waals surface area (Å²) in [7, 11) is 1.77. The van der Waals surface area contributed by atoms with Crippen LogP contribution in [0.1, 0.15) is 46.2 Å². The Bertz CT molecular complexity index is 971. The molecule has 0 saturated heterocycles. The molecular formula is C16H16ClN5O2. The monoisotopic (exact) mass is 345 g/mol. The predicted molar refractivity (Wildman–Crippen MR) is 89.4 cm³/mol. The zero-order valence-corrected chi connectivity index (χ0v) is 14.3. The Kier molecular flexibility index (Phi) is 3.35. The van der Waals surface area contributed by atoms with Crippen LogP contribution in [0.5, 0.6) is 0 Å². The number of nitrogens with zero attached hydrogens (tertiary/aromatic N) is 4. The van der Waals surface area contributed by atoms with Crippen molar-refractivity contribution in [2.75, 3.05) is 5.32 Å². The van der Waals surface area contributed by atoms with Crippen molar-refractivity contribution in [3.05, 3.63) is 33.7 Å². The number of anilines is 1. The molecule has 3 aromatic rings. The van der Waals surface area contributed by atoms with E-state index in [1.165, 1.54) is 0 Å². The standard InChI is InChI=1S/C16H16ClN5O2/c1-7-12-10(6-11(9-4-5-9)18-16(12)24-21-7)15(23)19-14-13(17)8(2)22(3)20-14/h6,9H,4-5H2,1-3H3,(H,19,20,23). The van der Waals surface area contributed by atoms with Crippen LogP contribution in [0.4, 0.5) is 5.82 Å². The number of aryl methyl sites for hydroxylation is 2. The fourth-order valence-corrected chi connectivity index (χ4v) is 2.93. The lowest BCUT2D eigenvalue weighted by Gasteiger charge is -2.06. The van der Waals surface area contributed by atoms with E-state index in [4.69, 9.17) is 16.1 Å². The minimum Gasteiger partial charge on any atom is -0.336 e. The van der Waals surface area contributed by atoms with Crippen LogP contribution in [0.15, 0.2) is 10.6 Å². The van der Waals surface area contributed by atoms with Gasteiger partial charge in [0.05, 0.1) is 22.3 Å². The van der Waals surface area contributed by atoms with Crippen LogP contribution in [0.25, 0.3) is 11.1 Å². The molecule has 0 radical (unpaired) electrons. The van der Waals surface area contributed by atoms with Gasteiger partial charge in [-0.05, 0) is 32.8 Å². The number of amides is 1. The summed E-state index contributed by atoms with van der Waals surface area (Å²) < 4.78 is 6.89. The Hall–Kier alpha value is -2.41. The van der Waals surface area contributed by atoms with Crippen LogP contribution in [0.2, 0.25) is 5.02 Å². The Morgan fingerprint density at radius 3 is 2.79 bits per heavy atom. The summed E-state index contributed by atoms with van der Waals surface area (Å²) in [6, 6.07) is 1.82. The van der Waals surface area contributed by atoms with Gasteiger partial charge in [-0.15, -0.1) is 0 Å². The third kappa shape index (κ3) is 2.36. The van der Waals surface area contributed by atoms with Gasteiger partial charge in [0.1, 0.15) is 5.02 Å². The zero-order valence-electron chi connectivity index (χ0n) is 13.6. The first-order valence-corrected chi connectivity index (χ1v) is 8.11. The maximum atomic E-state index is 12.8. The van der Waals surface area contributed by atoms with Crippen molar-refractivity contribution in [2.24, 2.45) is 7.05 Å². The molecule has 1 saturated carbocycles. The molecule has 0 aromatic carbocycles. The van der Waals surface area contributed by atoms with Gasteiger partial charge in [0, 0.05) is 18.7 Å². The van der Waals surface area contributed by atoms with Gasteiger partial charge in [0.25, 0.3) is 11.6 Å². The van der Waals surface area contributed by atoms with Gasteiger partial charge in [0.15, 0.2) is 5.82 Å². The first-order chi connectivity index (χ1) is 11.5. The van der Waals surface area contributed by atoms with E-state index in [2.05, 4.69) is 20.6 Å². The average molecular weight is 346 g/mol. The van der Waals surface area contributed by atoms with E-state index >= 15 is 0 Å². The molecule has 24 heavy (non-hydrogen) atoms. The summed E-state index contributed by atoms with van der Waals surface area (Å²) in [6.45, 7) is 3.63. The minimum atomic E-state index is -0.296. The van der Waals surface area contributed by atoms with E-state index in [1.807, 2.05) is 13.0 Å². The fourth-order valence-electron chi connectivity index (χ4n) is 2.72. The molecule has 1 N–H and O–H groups in total. The second-order valence-corrected chi connectivity index (χ2v) is 6.52. The molecule has 3 aromatic heterocycles. The van der Waals surface area contributed by atoms with Crippen molar-refractivity contribution in [1.29, 1.82) is 0 Å². The van der Waals surface area contributed by atoms with E-state index < -0.39 is 0 Å². The van der Waals surface area contributed by atoms with Crippen molar-refractivity contribution >= 4 is 34.4 Å². The molecule has 1 aliphatic carbocycles. The third-order valence-corrected chi connectivity index (χ3v) is 4.82. The topological polar surface area (TPSA) is 85.8 Å². The lowest BCUT2D eigenvalue weighted by Crippen LogP contribution is -2.14. The highest BCUT2D eigenvalue weighted by atomic mass is 35.5. The van der Waals surface area contributed by atoms with Gasteiger partial charge in [-0.1, -0.05) is 16.8 Å². The fraction of sp³-hybridized carbons (Fsp3) is 0.375. The highest BCUT2D eigenvalue weighted by molar-refractivity contribution is 6.34. The number of halogens is 1. The predicted octanol–water partition coefficient (Wildman–Crippen LogP) is 3.36. The van der Waals surface area contributed by atoms with Gasteiger partial charge in [0.2, 0.25) is 0 Å². The second kappa shape index (κ2) is 5.31. The van der Waals surface area contributed by atoms with E-state index in [0.717, 1.165) is 24.2 Å². The first kappa shape index (κ1) is 15.1. The number of aromatic nitrogens is 4. The van der Waals surface area contributed by atoms with E-state index in [1.54, 1.807) is 18.7 Å². The summed E-state index contributed by atoms with van der Waals surface area (Å²) in [5.41, 5.74) is 3.16. The summed E-state index contributed by atoms with van der Waals surface area (Å²) in [5, 5.41) is 12.0. The van der Waals surface area contributed by atoms with Gasteiger partial charge in [-0.25, -0.2) is 4.98 Å². The first-order valence-electron chi connectivity index (χ1n) is 7.73. The largest absolute Gasteiger partial charge is 0.336 e. The highest BCUT2D eigenvalue weighted by Crippen LogP contribution is 2.40. The van der Waals surface area contributed by atoms with Crippen LogP contribution >= 0.6 is 11.6 Å². The molecule has 4 rings (SSSR count). The molecule has 0 spiro atoms. The Morgan fingerprint density at radius 2 is 2.17 bits per heavy atom. The molecule has 1 amide bonds. The Balaban J connectivity index is 1.78. The molecule has 1 aliphatic rings. The number of nitrogens with one attached hydrogen (secondary N) is 1. The van der Waals surface area contributed by atoms with Crippen LogP contribution in [0.3, 0.4) is 0 Å². The molecule has 1 fully saturated rings. The quantitative estimate of drug-likeness (QED) is 0.786. The maximum Gasteiger partial charge on any atom is 0.259 e. The maximum absolute atomic E-state index is 12.8. The van der Waals surface area contributed by atoms with Crippen molar-refractivity contribution < 1.29 is 9.32 Å². The SMILES string of the molecule is Cc1noc2nc(C3CC3)cc(C(=O)Nc3nn(C)c(C)c3Cl)c12. The van der Waals surface area contributed by atoms with Crippen molar-refractivity contribution in [3.63, 3.8) is 0 Å². The van der Waals surface area contributed by atoms with E-state index in [-0.39, 0.29) is 5.91 Å². The number of pyridine rings is 1.